The second kappa shape index (κ2) is 8.75. The molecule has 164 valence electrons. The quantitative estimate of drug-likeness (QED) is 0.415. The molecule has 10 nitrogen and oxygen atoms in total. The van der Waals surface area contributed by atoms with E-state index in [9.17, 15) is 0 Å². The standard InChI is InChI=1S/C21H22BrN9O/c1-14-3-5-15(6-4-14)13-17-25-18(31(27-17)21-26-19(22)28-29(21)2)16-7-8-23-20(24-16)30-9-11-32-12-10-30/h3-8H,9-13H2,1-2H3. The number of ether oxygens (including phenoxy) is 1. The molecule has 0 spiro atoms. The summed E-state index contributed by atoms with van der Waals surface area (Å²) < 4.78 is 9.27. The highest BCUT2D eigenvalue weighted by Gasteiger charge is 2.21. The first-order chi connectivity index (χ1) is 15.6. The summed E-state index contributed by atoms with van der Waals surface area (Å²) in [5.41, 5.74) is 3.02. The predicted molar refractivity (Wildman–Crippen MR) is 122 cm³/mol. The fraction of sp³-hybridized carbons (Fsp3) is 0.333. The molecule has 0 unspecified atom stereocenters. The summed E-state index contributed by atoms with van der Waals surface area (Å²) in [4.78, 5) is 20.7. The maximum atomic E-state index is 5.45. The van der Waals surface area contributed by atoms with Gasteiger partial charge < -0.3 is 9.64 Å². The zero-order chi connectivity index (χ0) is 22.1. The molecule has 4 aromatic rings. The second-order valence-electron chi connectivity index (χ2n) is 7.57. The number of benzene rings is 1. The molecule has 0 aliphatic carbocycles. The maximum Gasteiger partial charge on any atom is 0.251 e. The van der Waals surface area contributed by atoms with E-state index in [0.29, 0.717) is 53.6 Å². The lowest BCUT2D eigenvalue weighted by Gasteiger charge is -2.26. The number of nitrogens with zero attached hydrogens (tertiary/aromatic N) is 9. The Hall–Kier alpha value is -3.18. The van der Waals surface area contributed by atoms with Crippen molar-refractivity contribution in [2.45, 2.75) is 13.3 Å². The van der Waals surface area contributed by atoms with Gasteiger partial charge in [0, 0.05) is 32.8 Å². The zero-order valence-electron chi connectivity index (χ0n) is 17.8. The molecular formula is C21H22BrN9O. The molecule has 5 rings (SSSR count). The molecule has 0 radical (unpaired) electrons. The van der Waals surface area contributed by atoms with Crippen molar-refractivity contribution >= 4 is 21.9 Å². The third-order valence-corrected chi connectivity index (χ3v) is 5.54. The van der Waals surface area contributed by atoms with Crippen molar-refractivity contribution < 1.29 is 4.74 Å². The summed E-state index contributed by atoms with van der Waals surface area (Å²) >= 11 is 3.34. The molecule has 11 heteroatoms. The van der Waals surface area contributed by atoms with Gasteiger partial charge in [-0.05, 0) is 34.5 Å². The van der Waals surface area contributed by atoms with Crippen molar-refractivity contribution in [1.82, 2.24) is 39.5 Å². The van der Waals surface area contributed by atoms with Crippen LogP contribution in [0.3, 0.4) is 0 Å². The number of rotatable bonds is 5. The van der Waals surface area contributed by atoms with E-state index in [2.05, 4.69) is 67.1 Å². The molecule has 4 heterocycles. The molecule has 0 saturated carbocycles. The van der Waals surface area contributed by atoms with E-state index in [1.165, 1.54) is 5.56 Å². The minimum Gasteiger partial charge on any atom is -0.378 e. The van der Waals surface area contributed by atoms with Crippen LogP contribution in [0.15, 0.2) is 41.3 Å². The predicted octanol–water partition coefficient (Wildman–Crippen LogP) is 2.35. The summed E-state index contributed by atoms with van der Waals surface area (Å²) in [5, 5.41) is 9.05. The van der Waals surface area contributed by atoms with Crippen LogP contribution in [0.4, 0.5) is 5.95 Å². The topological polar surface area (TPSA) is 99.7 Å². The number of hydrogen-bond donors (Lipinski definition) is 0. The molecule has 0 atom stereocenters. The van der Waals surface area contributed by atoms with Gasteiger partial charge >= 0.3 is 0 Å². The van der Waals surface area contributed by atoms with Gasteiger partial charge in [0.1, 0.15) is 5.69 Å². The molecule has 1 fully saturated rings. The lowest BCUT2D eigenvalue weighted by molar-refractivity contribution is 0.122. The summed E-state index contributed by atoms with van der Waals surface area (Å²) in [7, 11) is 1.82. The Morgan fingerprint density at radius 3 is 2.50 bits per heavy atom. The molecule has 0 amide bonds. The van der Waals surface area contributed by atoms with Crippen molar-refractivity contribution in [3.63, 3.8) is 0 Å². The first-order valence-electron chi connectivity index (χ1n) is 10.3. The Balaban J connectivity index is 1.56. The van der Waals surface area contributed by atoms with Gasteiger partial charge in [-0.1, -0.05) is 29.8 Å². The maximum absolute atomic E-state index is 5.45. The lowest BCUT2D eigenvalue weighted by Crippen LogP contribution is -2.37. The van der Waals surface area contributed by atoms with E-state index >= 15 is 0 Å². The fourth-order valence-corrected chi connectivity index (χ4v) is 3.94. The molecule has 3 aromatic heterocycles. The zero-order valence-corrected chi connectivity index (χ0v) is 19.4. The van der Waals surface area contributed by atoms with E-state index in [-0.39, 0.29) is 0 Å². The van der Waals surface area contributed by atoms with Crippen LogP contribution in [0.1, 0.15) is 17.0 Å². The molecule has 1 saturated heterocycles. The third-order valence-electron chi connectivity index (χ3n) is 5.20. The Morgan fingerprint density at radius 2 is 1.78 bits per heavy atom. The van der Waals surface area contributed by atoms with Crippen LogP contribution < -0.4 is 4.90 Å². The molecular weight excluding hydrogens is 474 g/mol. The van der Waals surface area contributed by atoms with Gasteiger partial charge in [0.15, 0.2) is 11.6 Å². The SMILES string of the molecule is Cc1ccc(Cc2nc(-c3ccnc(N4CCOCC4)n3)n(-c3nc(Br)nn3C)n2)cc1. The highest BCUT2D eigenvalue weighted by molar-refractivity contribution is 9.10. The lowest BCUT2D eigenvalue weighted by atomic mass is 10.1. The molecule has 1 aromatic carbocycles. The number of anilines is 1. The Labute approximate surface area is 193 Å². The summed E-state index contributed by atoms with van der Waals surface area (Å²) in [6, 6.07) is 10.2. The van der Waals surface area contributed by atoms with Crippen LogP contribution in [0.2, 0.25) is 0 Å². The number of halogens is 1. The van der Waals surface area contributed by atoms with Crippen molar-refractivity contribution in [3.05, 3.63) is 58.2 Å². The number of aromatic nitrogens is 8. The highest BCUT2D eigenvalue weighted by Crippen LogP contribution is 2.22. The summed E-state index contributed by atoms with van der Waals surface area (Å²) in [6.07, 6.45) is 2.35. The van der Waals surface area contributed by atoms with Crippen LogP contribution >= 0.6 is 15.9 Å². The molecule has 1 aliphatic rings. The van der Waals surface area contributed by atoms with E-state index in [4.69, 9.17) is 19.8 Å². The monoisotopic (exact) mass is 495 g/mol. The minimum atomic E-state index is 0.480. The number of morpholine rings is 1. The molecule has 1 aliphatic heterocycles. The highest BCUT2D eigenvalue weighted by atomic mass is 79.9. The van der Waals surface area contributed by atoms with Crippen LogP contribution in [-0.2, 0) is 18.2 Å². The van der Waals surface area contributed by atoms with Crippen LogP contribution in [0, 0.1) is 6.92 Å². The Bertz CT molecular complexity index is 1230. The first kappa shape index (κ1) is 20.7. The normalized spacial score (nSPS) is 14.2. The van der Waals surface area contributed by atoms with Crippen LogP contribution in [0.5, 0.6) is 0 Å². The van der Waals surface area contributed by atoms with Gasteiger partial charge in [0.05, 0.1) is 13.2 Å². The van der Waals surface area contributed by atoms with Crippen molar-refractivity contribution in [1.29, 1.82) is 0 Å². The number of hydrogen-bond acceptors (Lipinski definition) is 8. The molecule has 0 N–H and O–H groups in total. The van der Waals surface area contributed by atoms with E-state index in [1.807, 2.05) is 13.1 Å². The van der Waals surface area contributed by atoms with Gasteiger partial charge in [-0.15, -0.1) is 10.2 Å². The van der Waals surface area contributed by atoms with E-state index in [1.54, 1.807) is 15.6 Å². The Morgan fingerprint density at radius 1 is 1.00 bits per heavy atom. The average molecular weight is 496 g/mol. The third kappa shape index (κ3) is 4.26. The fourth-order valence-electron chi connectivity index (χ4n) is 3.54. The Kier molecular flexibility index (Phi) is 5.66. The largest absolute Gasteiger partial charge is 0.378 e. The van der Waals surface area contributed by atoms with Crippen LogP contribution in [0.25, 0.3) is 17.5 Å². The van der Waals surface area contributed by atoms with Crippen molar-refractivity contribution in [2.24, 2.45) is 7.05 Å². The molecule has 0 bridgehead atoms. The number of aryl methyl sites for hydroxylation is 2. The smallest absolute Gasteiger partial charge is 0.251 e. The molecule has 32 heavy (non-hydrogen) atoms. The first-order valence-corrected chi connectivity index (χ1v) is 11.1. The van der Waals surface area contributed by atoms with Gasteiger partial charge in [0.2, 0.25) is 10.7 Å². The van der Waals surface area contributed by atoms with Gasteiger partial charge in [0.25, 0.3) is 5.95 Å². The van der Waals surface area contributed by atoms with E-state index < -0.39 is 0 Å². The summed E-state index contributed by atoms with van der Waals surface area (Å²) in [5.74, 6) is 2.46. The average Bonchev–Trinajstić information content (AvgIpc) is 3.38. The van der Waals surface area contributed by atoms with Gasteiger partial charge in [-0.3, -0.25) is 0 Å². The van der Waals surface area contributed by atoms with Crippen LogP contribution in [-0.4, -0.2) is 65.8 Å². The summed E-state index contributed by atoms with van der Waals surface area (Å²) in [6.45, 7) is 4.91. The second-order valence-corrected chi connectivity index (χ2v) is 8.28. The van der Waals surface area contributed by atoms with Crippen molar-refractivity contribution in [3.8, 4) is 17.5 Å². The van der Waals surface area contributed by atoms with Gasteiger partial charge in [-0.2, -0.15) is 9.67 Å². The minimum absolute atomic E-state index is 0.480. The van der Waals surface area contributed by atoms with E-state index in [0.717, 1.165) is 18.7 Å². The van der Waals surface area contributed by atoms with Crippen molar-refractivity contribution in [2.75, 3.05) is 31.2 Å². The van der Waals surface area contributed by atoms with Gasteiger partial charge in [-0.25, -0.2) is 19.6 Å².